The highest BCUT2D eigenvalue weighted by atomic mass is 32.2. The van der Waals surface area contributed by atoms with Crippen molar-refractivity contribution in [2.24, 2.45) is 29.1 Å². The Balaban J connectivity index is 0.944. The summed E-state index contributed by atoms with van der Waals surface area (Å²) in [7, 11) is -4.28. The van der Waals surface area contributed by atoms with E-state index in [9.17, 15) is 38.2 Å². The van der Waals surface area contributed by atoms with E-state index in [1.54, 1.807) is 44.2 Å². The van der Waals surface area contributed by atoms with Crippen LogP contribution in [0.5, 0.6) is 5.88 Å². The number of nitrogens with zero attached hydrogens (tertiary/aromatic N) is 2. The Labute approximate surface area is 324 Å². The lowest BCUT2D eigenvalue weighted by Gasteiger charge is -2.38. The topological polar surface area (TPSA) is 219 Å². The van der Waals surface area contributed by atoms with Crippen LogP contribution >= 0.6 is 0 Å². The summed E-state index contributed by atoms with van der Waals surface area (Å²) in [6, 6.07) is 13.9. The van der Waals surface area contributed by atoms with Gasteiger partial charge in [0.15, 0.2) is 5.78 Å². The van der Waals surface area contributed by atoms with Crippen molar-refractivity contribution in [2.75, 3.05) is 6.61 Å². The zero-order chi connectivity index (χ0) is 40.2. The molecule has 15 nitrogen and oxygen atoms in total. The van der Waals surface area contributed by atoms with Crippen LogP contribution in [0.1, 0.15) is 70.9 Å². The van der Waals surface area contributed by atoms with Gasteiger partial charge in [-0.05, 0) is 83.1 Å². The summed E-state index contributed by atoms with van der Waals surface area (Å²) in [5, 5.41) is 38.2. The predicted molar refractivity (Wildman–Crippen MR) is 193 cm³/mol. The molecule has 1 aliphatic heterocycles. The third-order valence-electron chi connectivity index (χ3n) is 12.1. The Morgan fingerprint density at radius 1 is 1.04 bits per heavy atom. The third kappa shape index (κ3) is 7.35. The molecule has 2 N–H and O–H groups in total. The molecule has 1 saturated heterocycles. The normalized spacial score (nSPS) is 31.6. The molecule has 0 radical (unpaired) electrons. The number of rotatable bonds is 11. The van der Waals surface area contributed by atoms with Gasteiger partial charge in [-0.15, -0.1) is 0 Å². The van der Waals surface area contributed by atoms with Gasteiger partial charge in [-0.2, -0.15) is 0 Å². The molecule has 1 aromatic heterocycles. The summed E-state index contributed by atoms with van der Waals surface area (Å²) in [5.74, 6) is -3.51. The average Bonchev–Trinajstić information content (AvgIpc) is 3.97. The first-order valence-corrected chi connectivity index (χ1v) is 20.2. The van der Waals surface area contributed by atoms with Crippen molar-refractivity contribution < 1.29 is 61.5 Å². The molecule has 16 heteroatoms. The molecule has 2 heterocycles. The van der Waals surface area contributed by atoms with E-state index in [0.29, 0.717) is 23.1 Å². The van der Waals surface area contributed by atoms with Crippen LogP contribution in [0.15, 0.2) is 80.8 Å². The van der Waals surface area contributed by atoms with Crippen LogP contribution in [-0.4, -0.2) is 71.5 Å². The average molecular weight is 795 g/mol. The Morgan fingerprint density at radius 3 is 2.34 bits per heavy atom. The van der Waals surface area contributed by atoms with Gasteiger partial charge < -0.3 is 34.4 Å². The number of benzene rings is 2. The fourth-order valence-corrected chi connectivity index (χ4v) is 9.92. The van der Waals surface area contributed by atoms with Crippen LogP contribution in [0.2, 0.25) is 0 Å². The van der Waals surface area contributed by atoms with E-state index >= 15 is 0 Å². The van der Waals surface area contributed by atoms with E-state index in [1.807, 2.05) is 6.08 Å². The van der Waals surface area contributed by atoms with Gasteiger partial charge in [-0.1, -0.05) is 69.3 Å². The number of fused-ring (bicyclic) bond motifs is 2. The number of carbonyl (C=O) groups excluding carboxylic acids is 3. The lowest BCUT2D eigenvalue weighted by atomic mass is 9.74. The molecule has 1 spiro atoms. The number of ketones is 1. The number of aliphatic hydroxyl groups excluding tert-OH is 1. The number of ether oxygens (including phenoxy) is 4. The van der Waals surface area contributed by atoms with Crippen LogP contribution in [0.4, 0.5) is 0 Å². The van der Waals surface area contributed by atoms with Gasteiger partial charge in [-0.25, -0.2) is 8.42 Å². The molecule has 0 amide bonds. The SMILES string of the molecule is C/C1=C\[C@@H]2[C@H](CC[C@]3(CO3)[C@H](OC(=O)CCC(=O)OCc3ccc(COc4no[n+]([O-])c4S(=O)(=O)c4ccccc4)cc3)[C@H]3[C@@H](O)[C@@H](C)C[C@]3(O)C1=O)C2(C)C. The minimum atomic E-state index is -4.28. The number of aliphatic hydroxyl groups is 2. The number of allylic oxidation sites excluding steroid dienone is 1. The molecule has 0 unspecified atom stereocenters. The molecule has 2 aromatic carbocycles. The number of epoxide rings is 1. The smallest absolute Gasteiger partial charge is 0.415 e. The van der Waals surface area contributed by atoms with Gasteiger partial charge in [0.1, 0.15) is 30.5 Å². The third-order valence-corrected chi connectivity index (χ3v) is 13.9. The molecule has 3 aromatic rings. The molecular weight excluding hydrogens is 749 g/mol. The maximum absolute atomic E-state index is 13.9. The Kier molecular flexibility index (Phi) is 10.4. The zero-order valence-corrected chi connectivity index (χ0v) is 32.4. The van der Waals surface area contributed by atoms with Crippen molar-refractivity contribution in [2.45, 2.75) is 106 Å². The number of sulfone groups is 1. The highest BCUT2D eigenvalue weighted by Crippen LogP contribution is 2.63. The van der Waals surface area contributed by atoms with E-state index < -0.39 is 73.7 Å². The highest BCUT2D eigenvalue weighted by molar-refractivity contribution is 7.91. The molecular formula is C40H46N2O13S. The van der Waals surface area contributed by atoms with Crippen LogP contribution in [0, 0.1) is 34.3 Å². The van der Waals surface area contributed by atoms with Crippen molar-refractivity contribution >= 4 is 27.6 Å². The van der Waals surface area contributed by atoms with Crippen LogP contribution in [0.25, 0.3) is 0 Å². The fraction of sp³-hybridized carbons (Fsp3) is 0.525. The van der Waals surface area contributed by atoms with Gasteiger partial charge in [0.05, 0.1) is 41.5 Å². The standard InChI is InChI=1S/C40H46N2O13S/c1-23-18-29-28(38(29,3)4)16-17-39(22-53-39)35(32-33(45)24(2)19-40(32,47)34(23)46)54-31(44)15-14-30(43)51-20-25-10-12-26(13-11-25)21-52-36-37(42(48)55-41-36)56(49,50)27-8-6-5-7-9-27/h5-13,18,24,28-29,32-33,35,45,47H,14-17,19-22H2,1-4H3/b23-18+/t24-,28-,29+,32+,33-,35+,39-,40+/m0/s1. The Morgan fingerprint density at radius 2 is 1.68 bits per heavy atom. The first-order chi connectivity index (χ1) is 26.5. The monoisotopic (exact) mass is 794 g/mol. The Bertz CT molecular complexity index is 2130. The second-order valence-electron chi connectivity index (χ2n) is 16.2. The summed E-state index contributed by atoms with van der Waals surface area (Å²) >= 11 is 0. The zero-order valence-electron chi connectivity index (χ0n) is 31.6. The van der Waals surface area contributed by atoms with E-state index in [0.717, 1.165) is 6.42 Å². The number of carbonyl (C=O) groups is 3. The molecule has 0 bridgehead atoms. The maximum atomic E-state index is 13.9. The number of esters is 2. The molecule has 3 aliphatic carbocycles. The summed E-state index contributed by atoms with van der Waals surface area (Å²) in [5.41, 5.74) is -1.34. The molecule has 8 atom stereocenters. The quantitative estimate of drug-likeness (QED) is 0.161. The van der Waals surface area contributed by atoms with Crippen molar-refractivity contribution in [1.29, 1.82) is 0 Å². The van der Waals surface area contributed by atoms with Crippen LogP contribution in [0.3, 0.4) is 0 Å². The summed E-state index contributed by atoms with van der Waals surface area (Å²) in [6.07, 6.45) is 0.346. The molecule has 3 fully saturated rings. The van der Waals surface area contributed by atoms with Gasteiger partial charge in [0.2, 0.25) is 0 Å². The molecule has 56 heavy (non-hydrogen) atoms. The first-order valence-electron chi connectivity index (χ1n) is 18.7. The minimum Gasteiger partial charge on any atom is -0.461 e. The maximum Gasteiger partial charge on any atom is 0.415 e. The van der Waals surface area contributed by atoms with E-state index in [1.165, 1.54) is 24.3 Å². The summed E-state index contributed by atoms with van der Waals surface area (Å²) in [4.78, 5) is 39.6. The fourth-order valence-electron chi connectivity index (χ4n) is 8.63. The van der Waals surface area contributed by atoms with Crippen molar-refractivity contribution in [3.8, 4) is 5.88 Å². The number of hydrogen-bond donors (Lipinski definition) is 2. The summed E-state index contributed by atoms with van der Waals surface area (Å²) < 4.78 is 53.4. The minimum absolute atomic E-state index is 0.00777. The van der Waals surface area contributed by atoms with E-state index in [-0.39, 0.29) is 66.1 Å². The van der Waals surface area contributed by atoms with Crippen molar-refractivity contribution in [3.63, 3.8) is 0 Å². The highest BCUT2D eigenvalue weighted by Gasteiger charge is 2.68. The molecule has 300 valence electrons. The second-order valence-corrected chi connectivity index (χ2v) is 18.0. The van der Waals surface area contributed by atoms with Gasteiger partial charge in [-0.3, -0.25) is 19.0 Å². The Hall–Kier alpha value is -4.64. The molecule has 7 rings (SSSR count). The van der Waals surface area contributed by atoms with Crippen molar-refractivity contribution in [3.05, 3.63) is 82.6 Å². The lowest BCUT2D eigenvalue weighted by molar-refractivity contribution is -0.832. The number of Topliss-reactive ketones (excluding diaryl/α,β-unsaturated/α-hetero) is 1. The van der Waals surface area contributed by atoms with Crippen LogP contribution in [-0.2, 0) is 51.6 Å². The largest absolute Gasteiger partial charge is 0.461 e. The predicted octanol–water partition coefficient (Wildman–Crippen LogP) is 3.55. The van der Waals surface area contributed by atoms with Crippen LogP contribution < -0.4 is 9.64 Å². The van der Waals surface area contributed by atoms with E-state index in [2.05, 4.69) is 23.6 Å². The number of aromatic nitrogens is 2. The van der Waals surface area contributed by atoms with Gasteiger partial charge >= 0.3 is 22.8 Å². The number of hydrogen-bond acceptors (Lipinski definition) is 14. The lowest BCUT2D eigenvalue weighted by Crippen LogP contribution is -2.56. The summed E-state index contributed by atoms with van der Waals surface area (Å²) in [6.45, 7) is 7.73. The van der Waals surface area contributed by atoms with Gasteiger partial charge in [0.25, 0.3) is 9.84 Å². The van der Waals surface area contributed by atoms with E-state index in [4.69, 9.17) is 18.9 Å². The van der Waals surface area contributed by atoms with Gasteiger partial charge in [0, 0.05) is 0 Å². The molecule has 4 aliphatic rings. The second kappa shape index (κ2) is 14.7. The van der Waals surface area contributed by atoms with Crippen molar-refractivity contribution in [1.82, 2.24) is 5.16 Å². The first kappa shape index (κ1) is 39.6. The molecule has 2 saturated carbocycles.